The van der Waals surface area contributed by atoms with Crippen molar-refractivity contribution in [2.75, 3.05) is 13.6 Å². The molecule has 2 aromatic rings. The highest BCUT2D eigenvalue weighted by Gasteiger charge is 2.29. The first kappa shape index (κ1) is 15.8. The molecule has 1 aromatic carbocycles. The Bertz CT molecular complexity index is 664. The maximum absolute atomic E-state index is 12.6. The van der Waals surface area contributed by atoms with Crippen molar-refractivity contribution >= 4 is 5.91 Å². The zero-order valence-corrected chi connectivity index (χ0v) is 13.7. The summed E-state index contributed by atoms with van der Waals surface area (Å²) in [5, 5.41) is 10.7. The van der Waals surface area contributed by atoms with Crippen molar-refractivity contribution in [3.63, 3.8) is 0 Å². The molecule has 1 aromatic heterocycles. The van der Waals surface area contributed by atoms with Crippen LogP contribution < -0.4 is 0 Å². The lowest BCUT2D eigenvalue weighted by Gasteiger charge is -2.29. The van der Waals surface area contributed by atoms with E-state index < -0.39 is 5.60 Å². The van der Waals surface area contributed by atoms with E-state index in [1.165, 1.54) is 4.90 Å². The molecule has 0 fully saturated rings. The van der Waals surface area contributed by atoms with Crippen molar-refractivity contribution in [1.82, 2.24) is 4.90 Å². The molecule has 4 heteroatoms. The van der Waals surface area contributed by atoms with E-state index in [0.29, 0.717) is 5.76 Å². The average Bonchev–Trinajstić information content (AvgIpc) is 2.98. The van der Waals surface area contributed by atoms with Crippen molar-refractivity contribution in [1.29, 1.82) is 0 Å². The number of carbonyl (C=O) groups is 1. The number of hydrogen-bond donors (Lipinski definition) is 1. The third-order valence-corrected chi connectivity index (χ3v) is 4.49. The minimum Gasteiger partial charge on any atom is -0.456 e. The molecule has 1 atom stereocenters. The van der Waals surface area contributed by atoms with Crippen LogP contribution in [0, 0.1) is 0 Å². The molecule has 0 aliphatic heterocycles. The van der Waals surface area contributed by atoms with Crippen molar-refractivity contribution in [3.8, 4) is 0 Å². The Morgan fingerprint density at radius 2 is 1.96 bits per heavy atom. The Hall–Kier alpha value is -2.07. The van der Waals surface area contributed by atoms with E-state index in [2.05, 4.69) is 0 Å². The van der Waals surface area contributed by atoms with Gasteiger partial charge in [-0.15, -0.1) is 0 Å². The van der Waals surface area contributed by atoms with Gasteiger partial charge in [-0.1, -0.05) is 30.3 Å². The van der Waals surface area contributed by atoms with Crippen LogP contribution in [0.4, 0.5) is 0 Å². The number of furan rings is 1. The minimum absolute atomic E-state index is 0.185. The molecule has 0 bridgehead atoms. The Labute approximate surface area is 136 Å². The summed E-state index contributed by atoms with van der Waals surface area (Å²) in [6, 6.07) is 11.3. The van der Waals surface area contributed by atoms with Gasteiger partial charge in [0.2, 0.25) is 0 Å². The Morgan fingerprint density at radius 3 is 2.65 bits per heavy atom. The van der Waals surface area contributed by atoms with E-state index in [-0.39, 0.29) is 12.5 Å². The molecule has 0 spiro atoms. The van der Waals surface area contributed by atoms with Gasteiger partial charge in [-0.25, -0.2) is 0 Å². The topological polar surface area (TPSA) is 53.7 Å². The van der Waals surface area contributed by atoms with E-state index in [0.717, 1.165) is 42.6 Å². The van der Waals surface area contributed by atoms with Gasteiger partial charge in [0.25, 0.3) is 5.91 Å². The second-order valence-corrected chi connectivity index (χ2v) is 6.57. The number of amides is 1. The number of nitrogens with zero attached hydrogens (tertiary/aromatic N) is 1. The lowest BCUT2D eigenvalue weighted by atomic mass is 9.95. The molecule has 0 saturated carbocycles. The molecule has 1 heterocycles. The van der Waals surface area contributed by atoms with Gasteiger partial charge in [0.05, 0.1) is 6.54 Å². The highest BCUT2D eigenvalue weighted by atomic mass is 16.4. The maximum atomic E-state index is 12.6. The fraction of sp³-hybridized carbons (Fsp3) is 0.421. The molecule has 1 aliphatic carbocycles. The Balaban J connectivity index is 1.73. The molecule has 1 unspecified atom stereocenters. The predicted octanol–water partition coefficient (Wildman–Crippen LogP) is 3.14. The van der Waals surface area contributed by atoms with Crippen LogP contribution in [0.2, 0.25) is 0 Å². The minimum atomic E-state index is -1.10. The molecule has 4 nitrogen and oxygen atoms in total. The zero-order chi connectivity index (χ0) is 16.4. The zero-order valence-electron chi connectivity index (χ0n) is 13.7. The first-order valence-electron chi connectivity index (χ1n) is 8.12. The highest BCUT2D eigenvalue weighted by Crippen LogP contribution is 2.26. The van der Waals surface area contributed by atoms with Gasteiger partial charge in [0.1, 0.15) is 11.4 Å². The number of carbonyl (C=O) groups excluding carboxylic acids is 1. The number of aryl methyl sites for hydroxylation is 2. The van der Waals surface area contributed by atoms with E-state index in [4.69, 9.17) is 4.42 Å². The SMILES string of the molecule is CN(CC(C)(O)c1ccccc1)C(=O)c1cc2c(o1)CCCC2. The number of aliphatic hydroxyl groups is 1. The van der Waals surface area contributed by atoms with Crippen LogP contribution in [-0.2, 0) is 18.4 Å². The van der Waals surface area contributed by atoms with Gasteiger partial charge in [0.15, 0.2) is 5.76 Å². The lowest BCUT2D eigenvalue weighted by molar-refractivity contribution is 0.0201. The van der Waals surface area contributed by atoms with Gasteiger partial charge in [-0.2, -0.15) is 0 Å². The van der Waals surface area contributed by atoms with Crippen LogP contribution in [0.25, 0.3) is 0 Å². The summed E-state index contributed by atoms with van der Waals surface area (Å²) < 4.78 is 5.74. The molecular formula is C19H23NO3. The smallest absolute Gasteiger partial charge is 0.289 e. The number of rotatable bonds is 4. The molecule has 1 amide bonds. The summed E-state index contributed by atoms with van der Waals surface area (Å²) >= 11 is 0. The summed E-state index contributed by atoms with van der Waals surface area (Å²) in [5.74, 6) is 1.14. The lowest BCUT2D eigenvalue weighted by Crippen LogP contribution is -2.39. The van der Waals surface area contributed by atoms with E-state index in [1.54, 1.807) is 14.0 Å². The maximum Gasteiger partial charge on any atom is 0.289 e. The Kier molecular flexibility index (Phi) is 4.26. The summed E-state index contributed by atoms with van der Waals surface area (Å²) in [6.07, 6.45) is 4.16. The summed E-state index contributed by atoms with van der Waals surface area (Å²) in [7, 11) is 1.70. The normalized spacial score (nSPS) is 16.5. The first-order valence-corrected chi connectivity index (χ1v) is 8.12. The third kappa shape index (κ3) is 3.32. The summed E-state index contributed by atoms with van der Waals surface area (Å²) in [4.78, 5) is 14.1. The van der Waals surface area contributed by atoms with Crippen molar-refractivity contribution in [2.45, 2.75) is 38.2 Å². The molecule has 3 rings (SSSR count). The Morgan fingerprint density at radius 1 is 1.26 bits per heavy atom. The van der Waals surface area contributed by atoms with Gasteiger partial charge in [0, 0.05) is 13.5 Å². The molecule has 1 N–H and O–H groups in total. The van der Waals surface area contributed by atoms with Crippen LogP contribution in [0.3, 0.4) is 0 Å². The van der Waals surface area contributed by atoms with Gasteiger partial charge >= 0.3 is 0 Å². The van der Waals surface area contributed by atoms with Crippen molar-refractivity contribution < 1.29 is 14.3 Å². The number of likely N-dealkylation sites (N-methyl/N-ethyl adjacent to an activating group) is 1. The van der Waals surface area contributed by atoms with Gasteiger partial charge in [-0.05, 0) is 43.4 Å². The second kappa shape index (κ2) is 6.20. The second-order valence-electron chi connectivity index (χ2n) is 6.57. The van der Waals surface area contributed by atoms with E-state index >= 15 is 0 Å². The highest BCUT2D eigenvalue weighted by molar-refractivity contribution is 5.91. The van der Waals surface area contributed by atoms with Gasteiger partial charge < -0.3 is 14.4 Å². The standard InChI is InChI=1S/C19H23NO3/c1-19(22,15-9-4-3-5-10-15)13-20(2)18(21)17-12-14-8-6-7-11-16(14)23-17/h3-5,9-10,12,22H,6-8,11,13H2,1-2H3. The third-order valence-electron chi connectivity index (χ3n) is 4.49. The summed E-state index contributed by atoms with van der Waals surface area (Å²) in [5.41, 5.74) is 0.846. The van der Waals surface area contributed by atoms with Crippen molar-refractivity contribution in [3.05, 3.63) is 59.0 Å². The number of hydrogen-bond acceptors (Lipinski definition) is 3. The quantitative estimate of drug-likeness (QED) is 0.943. The average molecular weight is 313 g/mol. The van der Waals surface area contributed by atoms with Crippen molar-refractivity contribution in [2.24, 2.45) is 0 Å². The molecule has 1 aliphatic rings. The van der Waals surface area contributed by atoms with Crippen LogP contribution >= 0.6 is 0 Å². The monoisotopic (exact) mass is 313 g/mol. The number of benzene rings is 1. The van der Waals surface area contributed by atoms with Crippen LogP contribution in [0.1, 0.15) is 47.2 Å². The molecule has 122 valence electrons. The molecule has 0 saturated heterocycles. The largest absolute Gasteiger partial charge is 0.456 e. The van der Waals surface area contributed by atoms with E-state index in [1.807, 2.05) is 36.4 Å². The first-order chi connectivity index (χ1) is 11.0. The predicted molar refractivity (Wildman–Crippen MR) is 88.3 cm³/mol. The molecular weight excluding hydrogens is 290 g/mol. The van der Waals surface area contributed by atoms with E-state index in [9.17, 15) is 9.90 Å². The van der Waals surface area contributed by atoms with Gasteiger partial charge in [-0.3, -0.25) is 4.79 Å². The van der Waals surface area contributed by atoms with Crippen LogP contribution in [-0.4, -0.2) is 29.5 Å². The number of fused-ring (bicyclic) bond motifs is 1. The fourth-order valence-electron chi connectivity index (χ4n) is 3.21. The summed E-state index contributed by atoms with van der Waals surface area (Å²) in [6.45, 7) is 1.93. The molecule has 23 heavy (non-hydrogen) atoms. The van der Waals surface area contributed by atoms with Crippen LogP contribution in [0.15, 0.2) is 40.8 Å². The molecule has 0 radical (unpaired) electrons. The van der Waals surface area contributed by atoms with Crippen LogP contribution in [0.5, 0.6) is 0 Å². The fourth-order valence-corrected chi connectivity index (χ4v) is 3.21.